The zero-order valence-corrected chi connectivity index (χ0v) is 5.54. The minimum atomic E-state index is 0.822. The Kier molecular flexibility index (Phi) is 0.891. The van der Waals surface area contributed by atoms with Crippen molar-refractivity contribution in [2.75, 3.05) is 0 Å². The molecule has 2 nitrogen and oxygen atoms in total. The molecule has 1 aliphatic rings. The molecule has 0 saturated heterocycles. The summed E-state index contributed by atoms with van der Waals surface area (Å²) in [5.41, 5.74) is 1.39. The van der Waals surface area contributed by atoms with Crippen molar-refractivity contribution in [2.45, 2.75) is 19.9 Å². The smallest absolute Gasteiger partial charge is 0.0948 e. The first kappa shape index (κ1) is 5.03. The second-order valence-electron chi connectivity index (χ2n) is 2.85. The Labute approximate surface area is 54.5 Å². The third-order valence-corrected chi connectivity index (χ3v) is 1.86. The summed E-state index contributed by atoms with van der Waals surface area (Å²) in [6.07, 6.45) is 5.09. The van der Waals surface area contributed by atoms with Crippen molar-refractivity contribution in [3.8, 4) is 0 Å². The molecule has 2 rings (SSSR count). The van der Waals surface area contributed by atoms with E-state index in [0.29, 0.717) is 0 Å². The van der Waals surface area contributed by atoms with Crippen LogP contribution in [-0.4, -0.2) is 9.55 Å². The van der Waals surface area contributed by atoms with Crippen LogP contribution in [0, 0.1) is 5.92 Å². The van der Waals surface area contributed by atoms with Crippen LogP contribution >= 0.6 is 0 Å². The standard InChI is InChI=1S/C7H10N2/c1-6-2-7-3-8-5-9(7)4-6/h3,5-6H,2,4H2,1H3. The third-order valence-electron chi connectivity index (χ3n) is 1.86. The van der Waals surface area contributed by atoms with Gasteiger partial charge in [0.2, 0.25) is 0 Å². The van der Waals surface area contributed by atoms with Gasteiger partial charge in [0.05, 0.1) is 6.33 Å². The zero-order chi connectivity index (χ0) is 6.27. The fraction of sp³-hybridized carbons (Fsp3) is 0.571. The molecule has 0 aliphatic carbocycles. The van der Waals surface area contributed by atoms with Gasteiger partial charge in [-0.15, -0.1) is 0 Å². The second-order valence-corrected chi connectivity index (χ2v) is 2.85. The van der Waals surface area contributed by atoms with Crippen LogP contribution in [0.15, 0.2) is 12.5 Å². The summed E-state index contributed by atoms with van der Waals surface area (Å²) in [5.74, 6) is 0.822. The van der Waals surface area contributed by atoms with Gasteiger partial charge >= 0.3 is 0 Å². The molecular formula is C7H10N2. The molecular weight excluding hydrogens is 112 g/mol. The molecule has 9 heavy (non-hydrogen) atoms. The van der Waals surface area contributed by atoms with Gasteiger partial charge in [-0.3, -0.25) is 0 Å². The van der Waals surface area contributed by atoms with Crippen LogP contribution in [0.2, 0.25) is 0 Å². The highest BCUT2D eigenvalue weighted by atomic mass is 15.1. The molecule has 0 N–H and O–H groups in total. The number of hydrogen-bond donors (Lipinski definition) is 0. The van der Waals surface area contributed by atoms with E-state index in [2.05, 4.69) is 16.5 Å². The number of hydrogen-bond acceptors (Lipinski definition) is 1. The molecule has 1 atom stereocenters. The van der Waals surface area contributed by atoms with Crippen molar-refractivity contribution in [3.05, 3.63) is 18.2 Å². The molecule has 0 radical (unpaired) electrons. The summed E-state index contributed by atoms with van der Waals surface area (Å²) in [6.45, 7) is 3.43. The van der Waals surface area contributed by atoms with Crippen molar-refractivity contribution < 1.29 is 0 Å². The van der Waals surface area contributed by atoms with Crippen molar-refractivity contribution >= 4 is 0 Å². The van der Waals surface area contributed by atoms with Crippen LogP contribution in [0.25, 0.3) is 0 Å². The van der Waals surface area contributed by atoms with Gasteiger partial charge in [-0.1, -0.05) is 6.92 Å². The highest BCUT2D eigenvalue weighted by molar-refractivity contribution is 5.03. The first-order valence-corrected chi connectivity index (χ1v) is 3.35. The number of rotatable bonds is 0. The van der Waals surface area contributed by atoms with E-state index in [9.17, 15) is 0 Å². The lowest BCUT2D eigenvalue weighted by Crippen LogP contribution is -1.95. The van der Waals surface area contributed by atoms with Crippen molar-refractivity contribution in [3.63, 3.8) is 0 Å². The minimum Gasteiger partial charge on any atom is -0.334 e. The normalized spacial score (nSPS) is 24.3. The van der Waals surface area contributed by atoms with E-state index in [1.807, 2.05) is 12.5 Å². The van der Waals surface area contributed by atoms with Crippen LogP contribution in [0.5, 0.6) is 0 Å². The summed E-state index contributed by atoms with van der Waals surface area (Å²) in [4.78, 5) is 4.04. The second kappa shape index (κ2) is 1.59. The fourth-order valence-electron chi connectivity index (χ4n) is 1.44. The Morgan fingerprint density at radius 3 is 3.44 bits per heavy atom. The molecule has 0 aromatic carbocycles. The molecule has 0 saturated carbocycles. The summed E-state index contributed by atoms with van der Waals surface area (Å²) in [7, 11) is 0. The Morgan fingerprint density at radius 1 is 1.78 bits per heavy atom. The maximum Gasteiger partial charge on any atom is 0.0948 e. The predicted molar refractivity (Wildman–Crippen MR) is 35.1 cm³/mol. The van der Waals surface area contributed by atoms with Gasteiger partial charge in [-0.2, -0.15) is 0 Å². The molecule has 48 valence electrons. The first-order valence-electron chi connectivity index (χ1n) is 3.35. The van der Waals surface area contributed by atoms with Crippen molar-refractivity contribution in [1.82, 2.24) is 9.55 Å². The van der Waals surface area contributed by atoms with Crippen LogP contribution in [0.1, 0.15) is 12.6 Å². The SMILES string of the molecule is CC1Cc2cncn2C1. The molecule has 1 aromatic rings. The summed E-state index contributed by atoms with van der Waals surface area (Å²) >= 11 is 0. The molecule has 1 unspecified atom stereocenters. The van der Waals surface area contributed by atoms with Crippen molar-refractivity contribution in [2.24, 2.45) is 5.92 Å². The average Bonchev–Trinajstić information content (AvgIpc) is 2.22. The Balaban J connectivity index is 2.39. The van der Waals surface area contributed by atoms with E-state index in [0.717, 1.165) is 12.5 Å². The number of fused-ring (bicyclic) bond motifs is 1. The molecule has 0 fully saturated rings. The van der Waals surface area contributed by atoms with Gasteiger partial charge in [0.1, 0.15) is 0 Å². The third kappa shape index (κ3) is 0.661. The van der Waals surface area contributed by atoms with Gasteiger partial charge in [-0.25, -0.2) is 4.98 Å². The Hall–Kier alpha value is -0.790. The van der Waals surface area contributed by atoms with Crippen LogP contribution in [0.4, 0.5) is 0 Å². The van der Waals surface area contributed by atoms with E-state index >= 15 is 0 Å². The van der Waals surface area contributed by atoms with E-state index in [4.69, 9.17) is 0 Å². The lowest BCUT2D eigenvalue weighted by Gasteiger charge is -1.95. The summed E-state index contributed by atoms with van der Waals surface area (Å²) < 4.78 is 2.23. The molecule has 2 heteroatoms. The Bertz CT molecular complexity index is 194. The molecule has 0 amide bonds. The number of imidazole rings is 1. The monoisotopic (exact) mass is 122 g/mol. The Morgan fingerprint density at radius 2 is 2.67 bits per heavy atom. The molecule has 0 spiro atoms. The maximum absolute atomic E-state index is 4.04. The largest absolute Gasteiger partial charge is 0.334 e. The molecule has 0 bridgehead atoms. The lowest BCUT2D eigenvalue weighted by atomic mass is 10.1. The predicted octanol–water partition coefficient (Wildman–Crippen LogP) is 1.08. The van der Waals surface area contributed by atoms with Gasteiger partial charge in [0.25, 0.3) is 0 Å². The van der Waals surface area contributed by atoms with Crippen LogP contribution in [0.3, 0.4) is 0 Å². The average molecular weight is 122 g/mol. The van der Waals surface area contributed by atoms with Gasteiger partial charge in [-0.05, 0) is 12.3 Å². The molecule has 1 aromatic heterocycles. The van der Waals surface area contributed by atoms with Gasteiger partial charge in [0, 0.05) is 18.4 Å². The number of aromatic nitrogens is 2. The maximum atomic E-state index is 4.04. The van der Waals surface area contributed by atoms with E-state index in [1.165, 1.54) is 12.1 Å². The van der Waals surface area contributed by atoms with E-state index < -0.39 is 0 Å². The first-order chi connectivity index (χ1) is 4.36. The molecule has 2 heterocycles. The topological polar surface area (TPSA) is 17.8 Å². The fourth-order valence-corrected chi connectivity index (χ4v) is 1.44. The quantitative estimate of drug-likeness (QED) is 0.503. The van der Waals surface area contributed by atoms with Gasteiger partial charge in [0.15, 0.2) is 0 Å². The number of nitrogens with zero attached hydrogens (tertiary/aromatic N) is 2. The lowest BCUT2D eigenvalue weighted by molar-refractivity contribution is 0.560. The van der Waals surface area contributed by atoms with E-state index in [1.54, 1.807) is 0 Å². The summed E-state index contributed by atoms with van der Waals surface area (Å²) in [5, 5.41) is 0. The highest BCUT2D eigenvalue weighted by Gasteiger charge is 2.15. The van der Waals surface area contributed by atoms with Gasteiger partial charge < -0.3 is 4.57 Å². The zero-order valence-electron chi connectivity index (χ0n) is 5.54. The minimum absolute atomic E-state index is 0.822. The summed E-state index contributed by atoms with van der Waals surface area (Å²) in [6, 6.07) is 0. The highest BCUT2D eigenvalue weighted by Crippen LogP contribution is 2.17. The molecule has 1 aliphatic heterocycles. The van der Waals surface area contributed by atoms with E-state index in [-0.39, 0.29) is 0 Å². The van der Waals surface area contributed by atoms with Crippen LogP contribution < -0.4 is 0 Å². The van der Waals surface area contributed by atoms with Crippen molar-refractivity contribution in [1.29, 1.82) is 0 Å². The van der Waals surface area contributed by atoms with Crippen LogP contribution in [-0.2, 0) is 13.0 Å².